The maximum Gasteiger partial charge on any atom is 0.326 e. The SMILES string of the molecule is CCC(C)C(NC(=O)C1(CN)CCCC1)C(=O)O. The Morgan fingerprint density at radius 2 is 1.94 bits per heavy atom. The van der Waals surface area contributed by atoms with Crippen molar-refractivity contribution in [2.24, 2.45) is 17.1 Å². The number of hydrogen-bond donors (Lipinski definition) is 3. The average molecular weight is 256 g/mol. The van der Waals surface area contributed by atoms with Crippen LogP contribution in [0, 0.1) is 11.3 Å². The van der Waals surface area contributed by atoms with E-state index in [2.05, 4.69) is 5.32 Å². The molecule has 0 bridgehead atoms. The highest BCUT2D eigenvalue weighted by atomic mass is 16.4. The molecule has 1 saturated carbocycles. The Bertz CT molecular complexity index is 311. The van der Waals surface area contributed by atoms with Crippen LogP contribution in [0.4, 0.5) is 0 Å². The first-order chi connectivity index (χ1) is 8.46. The summed E-state index contributed by atoms with van der Waals surface area (Å²) in [5.74, 6) is -1.24. The number of amides is 1. The van der Waals surface area contributed by atoms with Crippen LogP contribution in [0.5, 0.6) is 0 Å². The fraction of sp³-hybridized carbons (Fsp3) is 0.846. The van der Waals surface area contributed by atoms with Crippen molar-refractivity contribution in [3.8, 4) is 0 Å². The van der Waals surface area contributed by atoms with Gasteiger partial charge in [-0.25, -0.2) is 4.79 Å². The quantitative estimate of drug-likeness (QED) is 0.664. The molecule has 2 atom stereocenters. The van der Waals surface area contributed by atoms with E-state index >= 15 is 0 Å². The van der Waals surface area contributed by atoms with E-state index in [1.54, 1.807) is 0 Å². The molecular weight excluding hydrogens is 232 g/mol. The van der Waals surface area contributed by atoms with Crippen LogP contribution >= 0.6 is 0 Å². The number of carboxylic acid groups (broad SMARTS) is 1. The number of rotatable bonds is 6. The summed E-state index contributed by atoms with van der Waals surface area (Å²) in [4.78, 5) is 23.5. The third kappa shape index (κ3) is 3.02. The molecule has 1 aliphatic carbocycles. The zero-order chi connectivity index (χ0) is 13.8. The van der Waals surface area contributed by atoms with E-state index in [4.69, 9.17) is 5.73 Å². The van der Waals surface area contributed by atoms with Crippen LogP contribution in [-0.4, -0.2) is 29.6 Å². The van der Waals surface area contributed by atoms with E-state index in [1.165, 1.54) is 0 Å². The molecule has 1 amide bonds. The molecule has 0 aromatic rings. The number of carbonyl (C=O) groups is 2. The number of nitrogens with one attached hydrogen (secondary N) is 1. The molecule has 104 valence electrons. The third-order valence-corrected chi connectivity index (χ3v) is 4.20. The highest BCUT2D eigenvalue weighted by Crippen LogP contribution is 2.37. The number of hydrogen-bond acceptors (Lipinski definition) is 3. The summed E-state index contributed by atoms with van der Waals surface area (Å²) in [5, 5.41) is 11.9. The van der Waals surface area contributed by atoms with Gasteiger partial charge in [-0.3, -0.25) is 4.79 Å². The third-order valence-electron chi connectivity index (χ3n) is 4.20. The van der Waals surface area contributed by atoms with Crippen molar-refractivity contribution in [3.63, 3.8) is 0 Å². The van der Waals surface area contributed by atoms with Crippen LogP contribution in [0.2, 0.25) is 0 Å². The van der Waals surface area contributed by atoms with Crippen LogP contribution in [0.3, 0.4) is 0 Å². The van der Waals surface area contributed by atoms with Gasteiger partial charge in [0.2, 0.25) is 5.91 Å². The zero-order valence-corrected chi connectivity index (χ0v) is 11.2. The minimum atomic E-state index is -0.970. The average Bonchev–Trinajstić information content (AvgIpc) is 2.84. The Labute approximate surface area is 108 Å². The summed E-state index contributed by atoms with van der Waals surface area (Å²) >= 11 is 0. The molecule has 1 fully saturated rings. The Kier molecular flexibility index (Phi) is 5.14. The molecule has 0 spiro atoms. The van der Waals surface area contributed by atoms with Gasteiger partial charge in [-0.1, -0.05) is 33.1 Å². The van der Waals surface area contributed by atoms with E-state index in [0.717, 1.165) is 25.7 Å². The van der Waals surface area contributed by atoms with Gasteiger partial charge in [-0.2, -0.15) is 0 Å². The standard InChI is InChI=1S/C13H24N2O3/c1-3-9(2)10(11(16)17)15-12(18)13(8-14)6-4-5-7-13/h9-10H,3-8,14H2,1-2H3,(H,15,18)(H,16,17). The molecule has 0 heterocycles. The first-order valence-corrected chi connectivity index (χ1v) is 6.70. The lowest BCUT2D eigenvalue weighted by atomic mass is 9.84. The van der Waals surface area contributed by atoms with E-state index in [1.807, 2.05) is 13.8 Å². The highest BCUT2D eigenvalue weighted by molar-refractivity contribution is 5.88. The summed E-state index contributed by atoms with van der Waals surface area (Å²) in [6, 6.07) is -0.813. The molecule has 1 aliphatic rings. The van der Waals surface area contributed by atoms with Crippen LogP contribution < -0.4 is 11.1 Å². The van der Waals surface area contributed by atoms with Gasteiger partial charge >= 0.3 is 5.97 Å². The molecule has 0 radical (unpaired) electrons. The molecule has 0 saturated heterocycles. The van der Waals surface area contributed by atoms with E-state index < -0.39 is 17.4 Å². The van der Waals surface area contributed by atoms with Gasteiger partial charge in [0.1, 0.15) is 6.04 Å². The van der Waals surface area contributed by atoms with Gasteiger partial charge in [0, 0.05) is 6.54 Å². The van der Waals surface area contributed by atoms with Gasteiger partial charge in [0.05, 0.1) is 5.41 Å². The van der Waals surface area contributed by atoms with Crippen molar-refractivity contribution < 1.29 is 14.7 Å². The van der Waals surface area contributed by atoms with E-state index in [9.17, 15) is 14.7 Å². The predicted octanol–water partition coefficient (Wildman–Crippen LogP) is 1.12. The molecule has 0 aromatic carbocycles. The van der Waals surface area contributed by atoms with Crippen molar-refractivity contribution in [2.45, 2.75) is 52.0 Å². The minimum absolute atomic E-state index is 0.0809. The molecule has 4 N–H and O–H groups in total. The summed E-state index contributed by atoms with van der Waals surface area (Å²) in [6.07, 6.45) is 4.23. The van der Waals surface area contributed by atoms with Crippen LogP contribution in [0.1, 0.15) is 46.0 Å². The Hall–Kier alpha value is -1.10. The lowest BCUT2D eigenvalue weighted by Crippen LogP contribution is -2.52. The molecule has 1 rings (SSSR count). The predicted molar refractivity (Wildman–Crippen MR) is 69.0 cm³/mol. The second-order valence-electron chi connectivity index (χ2n) is 5.37. The maximum atomic E-state index is 12.3. The van der Waals surface area contributed by atoms with E-state index in [-0.39, 0.29) is 11.8 Å². The molecular formula is C13H24N2O3. The second kappa shape index (κ2) is 6.18. The topological polar surface area (TPSA) is 92.4 Å². The second-order valence-corrected chi connectivity index (χ2v) is 5.37. The van der Waals surface area contributed by atoms with Gasteiger partial charge in [0.15, 0.2) is 0 Å². The summed E-state index contributed by atoms with van der Waals surface area (Å²) in [6.45, 7) is 4.05. The molecule has 18 heavy (non-hydrogen) atoms. The molecule has 5 heteroatoms. The fourth-order valence-electron chi connectivity index (χ4n) is 2.55. The largest absolute Gasteiger partial charge is 0.480 e. The molecule has 5 nitrogen and oxygen atoms in total. The van der Waals surface area contributed by atoms with Crippen molar-refractivity contribution in [3.05, 3.63) is 0 Å². The first-order valence-electron chi connectivity index (χ1n) is 6.70. The minimum Gasteiger partial charge on any atom is -0.480 e. The summed E-state index contributed by atoms with van der Waals surface area (Å²) < 4.78 is 0. The van der Waals surface area contributed by atoms with Crippen molar-refractivity contribution >= 4 is 11.9 Å². The monoisotopic (exact) mass is 256 g/mol. The van der Waals surface area contributed by atoms with Crippen LogP contribution in [0.25, 0.3) is 0 Å². The van der Waals surface area contributed by atoms with Crippen molar-refractivity contribution in [2.75, 3.05) is 6.54 Å². The lowest BCUT2D eigenvalue weighted by molar-refractivity contribution is -0.145. The normalized spacial score (nSPS) is 21.3. The van der Waals surface area contributed by atoms with Crippen LogP contribution in [-0.2, 0) is 9.59 Å². The zero-order valence-electron chi connectivity index (χ0n) is 11.2. The van der Waals surface area contributed by atoms with Gasteiger partial charge in [-0.15, -0.1) is 0 Å². The first kappa shape index (κ1) is 15.0. The van der Waals surface area contributed by atoms with Gasteiger partial charge < -0.3 is 16.2 Å². The summed E-state index contributed by atoms with van der Waals surface area (Å²) in [7, 11) is 0. The van der Waals surface area contributed by atoms with E-state index in [0.29, 0.717) is 13.0 Å². The van der Waals surface area contributed by atoms with Gasteiger partial charge in [-0.05, 0) is 18.8 Å². The molecule has 0 aliphatic heterocycles. The van der Waals surface area contributed by atoms with Crippen LogP contribution in [0.15, 0.2) is 0 Å². The highest BCUT2D eigenvalue weighted by Gasteiger charge is 2.41. The number of aliphatic carboxylic acids is 1. The van der Waals surface area contributed by atoms with Crippen molar-refractivity contribution in [1.29, 1.82) is 0 Å². The fourth-order valence-corrected chi connectivity index (χ4v) is 2.55. The lowest BCUT2D eigenvalue weighted by Gasteiger charge is -2.29. The summed E-state index contributed by atoms with van der Waals surface area (Å²) in [5.41, 5.74) is 5.18. The smallest absolute Gasteiger partial charge is 0.326 e. The van der Waals surface area contributed by atoms with Gasteiger partial charge in [0.25, 0.3) is 0 Å². The Balaban J connectivity index is 2.74. The molecule has 2 unspecified atom stereocenters. The number of carboxylic acids is 1. The number of carbonyl (C=O) groups excluding carboxylic acids is 1. The molecule has 0 aromatic heterocycles. The Morgan fingerprint density at radius 1 is 1.39 bits per heavy atom. The number of nitrogens with two attached hydrogens (primary N) is 1. The maximum absolute atomic E-state index is 12.3. The Morgan fingerprint density at radius 3 is 2.33 bits per heavy atom. The van der Waals surface area contributed by atoms with Crippen molar-refractivity contribution in [1.82, 2.24) is 5.32 Å².